The number of β-amino-alcohol motifs (C(OH)–C–C–N with tert-alkyl or cyclic N) is 1. The standard InChI is InChI=1S/C15H27NO2.ClH/c1-6-15(4,5)18-11-14(17)10-16-8-12(2)7-13(3)9-16;/h1,12-14,17H,7-11H2,2-5H3;1H. The van der Waals surface area contributed by atoms with Gasteiger partial charge in [-0.15, -0.1) is 18.8 Å². The highest BCUT2D eigenvalue weighted by molar-refractivity contribution is 5.85. The Labute approximate surface area is 124 Å². The van der Waals surface area contributed by atoms with Gasteiger partial charge in [0.05, 0.1) is 12.7 Å². The van der Waals surface area contributed by atoms with Crippen molar-refractivity contribution in [3.8, 4) is 12.3 Å². The van der Waals surface area contributed by atoms with Gasteiger partial charge >= 0.3 is 0 Å². The van der Waals surface area contributed by atoms with Gasteiger partial charge in [-0.1, -0.05) is 19.8 Å². The molecule has 0 aromatic heterocycles. The SMILES string of the molecule is C#CC(C)(C)OCC(O)CN1CC(C)CC(C)C1.Cl. The smallest absolute Gasteiger partial charge is 0.122 e. The van der Waals surface area contributed by atoms with Crippen molar-refractivity contribution in [3.63, 3.8) is 0 Å². The van der Waals surface area contributed by atoms with E-state index in [0.29, 0.717) is 25.0 Å². The minimum Gasteiger partial charge on any atom is -0.389 e. The van der Waals surface area contributed by atoms with Crippen LogP contribution in [0.25, 0.3) is 0 Å². The van der Waals surface area contributed by atoms with Gasteiger partial charge in [0, 0.05) is 19.6 Å². The van der Waals surface area contributed by atoms with Gasteiger partial charge in [0.15, 0.2) is 0 Å². The number of aliphatic hydroxyl groups excluding tert-OH is 1. The Bertz CT molecular complexity index is 291. The van der Waals surface area contributed by atoms with Gasteiger partial charge in [0.1, 0.15) is 5.60 Å². The zero-order valence-corrected chi connectivity index (χ0v) is 13.4. The summed E-state index contributed by atoms with van der Waals surface area (Å²) in [5.74, 6) is 3.99. The summed E-state index contributed by atoms with van der Waals surface area (Å²) in [6.45, 7) is 11.3. The highest BCUT2D eigenvalue weighted by Crippen LogP contribution is 2.21. The molecular formula is C15H28ClNO2. The van der Waals surface area contributed by atoms with E-state index in [9.17, 15) is 5.11 Å². The average Bonchev–Trinajstić information content (AvgIpc) is 2.25. The van der Waals surface area contributed by atoms with Crippen molar-refractivity contribution in [2.75, 3.05) is 26.2 Å². The van der Waals surface area contributed by atoms with E-state index in [0.717, 1.165) is 13.1 Å². The third-order valence-electron chi connectivity index (χ3n) is 3.40. The quantitative estimate of drug-likeness (QED) is 0.788. The minimum absolute atomic E-state index is 0. The van der Waals surface area contributed by atoms with Crippen LogP contribution in [-0.2, 0) is 4.74 Å². The van der Waals surface area contributed by atoms with Crippen LogP contribution in [0, 0.1) is 24.2 Å². The van der Waals surface area contributed by atoms with Crippen LogP contribution in [0.15, 0.2) is 0 Å². The summed E-state index contributed by atoms with van der Waals surface area (Å²) in [4.78, 5) is 2.33. The molecule has 0 aliphatic carbocycles. The van der Waals surface area contributed by atoms with E-state index in [2.05, 4.69) is 24.7 Å². The molecule has 1 heterocycles. The molecule has 0 saturated carbocycles. The third-order valence-corrected chi connectivity index (χ3v) is 3.40. The normalized spacial score (nSPS) is 26.3. The molecule has 1 aliphatic heterocycles. The van der Waals surface area contributed by atoms with Crippen LogP contribution < -0.4 is 0 Å². The lowest BCUT2D eigenvalue weighted by Crippen LogP contribution is -2.44. The monoisotopic (exact) mass is 289 g/mol. The number of terminal acetylenes is 1. The first-order chi connectivity index (χ1) is 8.32. The average molecular weight is 290 g/mol. The Balaban J connectivity index is 0.00000324. The minimum atomic E-state index is -0.594. The molecule has 0 aromatic rings. The molecular weight excluding hydrogens is 262 g/mol. The molecule has 0 radical (unpaired) electrons. The number of nitrogens with zero attached hydrogens (tertiary/aromatic N) is 1. The van der Waals surface area contributed by atoms with Crippen molar-refractivity contribution >= 4 is 12.4 Å². The lowest BCUT2D eigenvalue weighted by molar-refractivity contribution is -0.0421. The van der Waals surface area contributed by atoms with Crippen molar-refractivity contribution in [3.05, 3.63) is 0 Å². The fourth-order valence-electron chi connectivity index (χ4n) is 2.64. The van der Waals surface area contributed by atoms with E-state index in [1.807, 2.05) is 13.8 Å². The van der Waals surface area contributed by atoms with Crippen molar-refractivity contribution < 1.29 is 9.84 Å². The van der Waals surface area contributed by atoms with E-state index in [-0.39, 0.29) is 12.4 Å². The molecule has 1 saturated heterocycles. The van der Waals surface area contributed by atoms with Gasteiger partial charge < -0.3 is 14.7 Å². The first kappa shape index (κ1) is 18.7. The maximum Gasteiger partial charge on any atom is 0.122 e. The van der Waals surface area contributed by atoms with Crippen molar-refractivity contribution in [1.29, 1.82) is 0 Å². The van der Waals surface area contributed by atoms with Crippen molar-refractivity contribution in [1.82, 2.24) is 4.90 Å². The molecule has 1 fully saturated rings. The van der Waals surface area contributed by atoms with Crippen LogP contribution in [0.3, 0.4) is 0 Å². The molecule has 0 amide bonds. The largest absolute Gasteiger partial charge is 0.389 e. The second kappa shape index (κ2) is 8.11. The second-order valence-electron chi connectivity index (χ2n) is 6.28. The predicted molar refractivity (Wildman–Crippen MR) is 81.5 cm³/mol. The lowest BCUT2D eigenvalue weighted by atomic mass is 9.92. The summed E-state index contributed by atoms with van der Waals surface area (Å²) in [6, 6.07) is 0. The number of halogens is 1. The Hall–Kier alpha value is -0.270. The third kappa shape index (κ3) is 7.17. The van der Waals surface area contributed by atoms with Crippen LogP contribution in [0.2, 0.25) is 0 Å². The molecule has 0 spiro atoms. The molecule has 3 nitrogen and oxygen atoms in total. The number of likely N-dealkylation sites (tertiary alicyclic amines) is 1. The molecule has 1 aliphatic rings. The maximum absolute atomic E-state index is 10.00. The topological polar surface area (TPSA) is 32.7 Å². The summed E-state index contributed by atoms with van der Waals surface area (Å²) >= 11 is 0. The van der Waals surface area contributed by atoms with Gasteiger partial charge in [-0.25, -0.2) is 0 Å². The number of rotatable bonds is 5. The van der Waals surface area contributed by atoms with Crippen LogP contribution in [0.1, 0.15) is 34.1 Å². The molecule has 0 bridgehead atoms. The van der Waals surface area contributed by atoms with Crippen LogP contribution in [0.5, 0.6) is 0 Å². The molecule has 0 aromatic carbocycles. The van der Waals surface area contributed by atoms with E-state index in [1.165, 1.54) is 6.42 Å². The molecule has 3 unspecified atom stereocenters. The van der Waals surface area contributed by atoms with Gasteiger partial charge in [0.2, 0.25) is 0 Å². The Morgan fingerprint density at radius 1 is 1.37 bits per heavy atom. The molecule has 112 valence electrons. The highest BCUT2D eigenvalue weighted by atomic mass is 35.5. The second-order valence-corrected chi connectivity index (χ2v) is 6.28. The number of piperidine rings is 1. The Kier molecular flexibility index (Phi) is 8.00. The molecule has 4 heteroatoms. The zero-order chi connectivity index (χ0) is 13.8. The van der Waals surface area contributed by atoms with Gasteiger partial charge in [0.25, 0.3) is 0 Å². The Morgan fingerprint density at radius 2 is 1.89 bits per heavy atom. The Morgan fingerprint density at radius 3 is 2.37 bits per heavy atom. The van der Waals surface area contributed by atoms with Crippen LogP contribution in [0.4, 0.5) is 0 Å². The van der Waals surface area contributed by atoms with Crippen LogP contribution >= 0.6 is 12.4 Å². The zero-order valence-electron chi connectivity index (χ0n) is 12.6. The molecule has 1 rings (SSSR count). The van der Waals surface area contributed by atoms with Crippen molar-refractivity contribution in [2.45, 2.75) is 45.8 Å². The maximum atomic E-state index is 10.00. The van der Waals surface area contributed by atoms with E-state index < -0.39 is 11.7 Å². The summed E-state index contributed by atoms with van der Waals surface area (Å²) in [6.07, 6.45) is 6.17. The first-order valence-electron chi connectivity index (χ1n) is 6.84. The summed E-state index contributed by atoms with van der Waals surface area (Å²) < 4.78 is 5.52. The number of hydrogen-bond acceptors (Lipinski definition) is 3. The van der Waals surface area contributed by atoms with Crippen LogP contribution in [-0.4, -0.2) is 48.0 Å². The van der Waals surface area contributed by atoms with E-state index in [1.54, 1.807) is 0 Å². The van der Waals surface area contributed by atoms with E-state index in [4.69, 9.17) is 11.2 Å². The summed E-state index contributed by atoms with van der Waals surface area (Å²) in [5, 5.41) is 10.00. The number of ether oxygens (including phenoxy) is 1. The van der Waals surface area contributed by atoms with Gasteiger partial charge in [-0.3, -0.25) is 0 Å². The fraction of sp³-hybridized carbons (Fsp3) is 0.867. The first-order valence-corrected chi connectivity index (χ1v) is 6.84. The number of hydrogen-bond donors (Lipinski definition) is 1. The predicted octanol–water partition coefficient (Wildman–Crippen LogP) is 2.18. The molecule has 3 atom stereocenters. The van der Waals surface area contributed by atoms with Crippen molar-refractivity contribution in [2.24, 2.45) is 11.8 Å². The molecule has 19 heavy (non-hydrogen) atoms. The number of aliphatic hydroxyl groups is 1. The molecule has 1 N–H and O–H groups in total. The summed E-state index contributed by atoms with van der Waals surface area (Å²) in [5.41, 5.74) is -0.594. The summed E-state index contributed by atoms with van der Waals surface area (Å²) in [7, 11) is 0. The lowest BCUT2D eigenvalue weighted by Gasteiger charge is -2.36. The highest BCUT2D eigenvalue weighted by Gasteiger charge is 2.24. The van der Waals surface area contributed by atoms with Gasteiger partial charge in [-0.05, 0) is 32.1 Å². The van der Waals surface area contributed by atoms with E-state index >= 15 is 0 Å². The fourth-order valence-corrected chi connectivity index (χ4v) is 2.64. The van der Waals surface area contributed by atoms with Gasteiger partial charge in [-0.2, -0.15) is 0 Å².